The van der Waals surface area contributed by atoms with Crippen molar-refractivity contribution in [3.05, 3.63) is 29.2 Å². The van der Waals surface area contributed by atoms with Crippen LogP contribution < -0.4 is 9.47 Å². The van der Waals surface area contributed by atoms with Crippen LogP contribution >= 0.6 is 0 Å². The predicted octanol–water partition coefficient (Wildman–Crippen LogP) is 2.11. The summed E-state index contributed by atoms with van der Waals surface area (Å²) in [6.07, 6.45) is 2.67. The fourth-order valence-electron chi connectivity index (χ4n) is 1.27. The minimum atomic E-state index is -3.12. The summed E-state index contributed by atoms with van der Waals surface area (Å²) in [6.45, 7) is 2.40. The number of hydrogen-bond acceptors (Lipinski definition) is 4. The van der Waals surface area contributed by atoms with Gasteiger partial charge in [0.1, 0.15) is 0 Å². The van der Waals surface area contributed by atoms with Crippen LogP contribution in [0.15, 0.2) is 23.6 Å². The lowest BCUT2D eigenvalue weighted by Gasteiger charge is -2.09. The first-order valence-corrected chi connectivity index (χ1v) is 7.10. The third-order valence-electron chi connectivity index (χ3n) is 2.00. The molecule has 0 fully saturated rings. The molecular weight excluding hydrogens is 240 g/mol. The summed E-state index contributed by atoms with van der Waals surface area (Å²) >= 11 is 0. The van der Waals surface area contributed by atoms with E-state index in [0.29, 0.717) is 18.1 Å². The Balaban J connectivity index is 3.04. The Morgan fingerprint density at radius 3 is 2.53 bits per heavy atom. The molecule has 17 heavy (non-hydrogen) atoms. The van der Waals surface area contributed by atoms with E-state index < -0.39 is 9.84 Å². The zero-order valence-corrected chi connectivity index (χ0v) is 11.0. The smallest absolute Gasteiger partial charge is 0.168 e. The summed E-state index contributed by atoms with van der Waals surface area (Å²) in [4.78, 5) is 0. The van der Waals surface area contributed by atoms with Crippen molar-refractivity contribution in [1.29, 1.82) is 0 Å². The van der Waals surface area contributed by atoms with Crippen molar-refractivity contribution in [2.24, 2.45) is 0 Å². The Morgan fingerprint density at radius 2 is 2.00 bits per heavy atom. The number of ether oxygens (including phenoxy) is 2. The number of rotatable bonds is 5. The number of hydrogen-bond donors (Lipinski definition) is 0. The largest absolute Gasteiger partial charge is 0.493 e. The molecule has 5 heteroatoms. The third kappa shape index (κ3) is 4.48. The summed E-state index contributed by atoms with van der Waals surface area (Å²) in [5, 5.41) is 1.16. The van der Waals surface area contributed by atoms with Gasteiger partial charge in [-0.05, 0) is 30.7 Å². The second kappa shape index (κ2) is 5.72. The quantitative estimate of drug-likeness (QED) is 0.809. The normalized spacial score (nSPS) is 11.7. The summed E-state index contributed by atoms with van der Waals surface area (Å²) in [5.74, 6) is 1.23. The molecule has 0 saturated carbocycles. The van der Waals surface area contributed by atoms with Gasteiger partial charge in [-0.15, -0.1) is 0 Å². The molecule has 0 amide bonds. The molecule has 0 heterocycles. The maximum atomic E-state index is 11.0. The Hall–Kier alpha value is -1.49. The van der Waals surface area contributed by atoms with E-state index in [2.05, 4.69) is 0 Å². The molecule has 0 aliphatic rings. The highest BCUT2D eigenvalue weighted by atomic mass is 32.2. The van der Waals surface area contributed by atoms with Gasteiger partial charge in [0.05, 0.1) is 13.7 Å². The Morgan fingerprint density at radius 1 is 1.29 bits per heavy atom. The van der Waals surface area contributed by atoms with Crippen molar-refractivity contribution < 1.29 is 17.9 Å². The van der Waals surface area contributed by atoms with Gasteiger partial charge < -0.3 is 9.47 Å². The average Bonchev–Trinajstić information content (AvgIpc) is 2.26. The summed E-state index contributed by atoms with van der Waals surface area (Å²) in [6, 6.07) is 5.25. The molecule has 0 N–H and O–H groups in total. The fraction of sp³-hybridized carbons (Fsp3) is 0.333. The van der Waals surface area contributed by atoms with Crippen LogP contribution in [-0.4, -0.2) is 28.4 Å². The van der Waals surface area contributed by atoms with Crippen LogP contribution in [0.5, 0.6) is 11.5 Å². The van der Waals surface area contributed by atoms with E-state index in [-0.39, 0.29) is 0 Å². The van der Waals surface area contributed by atoms with E-state index in [9.17, 15) is 8.42 Å². The molecule has 4 nitrogen and oxygen atoms in total. The van der Waals surface area contributed by atoms with Crippen molar-refractivity contribution >= 4 is 15.9 Å². The van der Waals surface area contributed by atoms with Gasteiger partial charge >= 0.3 is 0 Å². The van der Waals surface area contributed by atoms with Gasteiger partial charge in [-0.2, -0.15) is 0 Å². The summed E-state index contributed by atoms with van der Waals surface area (Å²) in [7, 11) is -1.56. The molecule has 0 saturated heterocycles. The zero-order valence-electron chi connectivity index (χ0n) is 10.1. The first-order chi connectivity index (χ1) is 7.96. The van der Waals surface area contributed by atoms with Gasteiger partial charge in [0.15, 0.2) is 21.3 Å². The Kier molecular flexibility index (Phi) is 4.57. The average molecular weight is 256 g/mol. The van der Waals surface area contributed by atoms with Crippen molar-refractivity contribution in [2.45, 2.75) is 6.92 Å². The molecule has 0 radical (unpaired) electrons. The molecule has 1 rings (SSSR count). The molecule has 0 aromatic heterocycles. The van der Waals surface area contributed by atoms with E-state index in [0.717, 1.165) is 17.2 Å². The highest BCUT2D eigenvalue weighted by Crippen LogP contribution is 2.28. The second-order valence-electron chi connectivity index (χ2n) is 3.48. The third-order valence-corrected chi connectivity index (χ3v) is 2.63. The second-order valence-corrected chi connectivity index (χ2v) is 5.41. The zero-order chi connectivity index (χ0) is 12.9. The number of methoxy groups -OCH3 is 1. The Bertz CT molecular complexity index is 503. The molecule has 0 aliphatic carbocycles. The Labute approximate surface area is 102 Å². The SMILES string of the molecule is CCOc1cc(C=CS(C)(=O)=O)ccc1OC. The maximum absolute atomic E-state index is 11.0. The summed E-state index contributed by atoms with van der Waals surface area (Å²) in [5.41, 5.74) is 0.750. The van der Waals surface area contributed by atoms with Crippen molar-refractivity contribution in [3.8, 4) is 11.5 Å². The number of sulfone groups is 1. The molecule has 0 bridgehead atoms. The van der Waals surface area contributed by atoms with E-state index >= 15 is 0 Å². The molecule has 0 aliphatic heterocycles. The first kappa shape index (κ1) is 13.6. The molecular formula is C12H16O4S. The molecule has 0 atom stereocenters. The lowest BCUT2D eigenvalue weighted by molar-refractivity contribution is 0.311. The van der Waals surface area contributed by atoms with Gasteiger partial charge in [0.25, 0.3) is 0 Å². The molecule has 1 aromatic rings. The van der Waals surface area contributed by atoms with E-state index in [1.807, 2.05) is 6.92 Å². The van der Waals surface area contributed by atoms with Gasteiger partial charge in [0, 0.05) is 11.7 Å². The molecule has 1 aromatic carbocycles. The van der Waals surface area contributed by atoms with E-state index in [4.69, 9.17) is 9.47 Å². The van der Waals surface area contributed by atoms with Gasteiger partial charge in [0.2, 0.25) is 0 Å². The van der Waals surface area contributed by atoms with Gasteiger partial charge in [-0.25, -0.2) is 8.42 Å². The molecule has 0 spiro atoms. The van der Waals surface area contributed by atoms with Gasteiger partial charge in [-0.1, -0.05) is 6.07 Å². The van der Waals surface area contributed by atoms with Crippen LogP contribution in [0, 0.1) is 0 Å². The minimum Gasteiger partial charge on any atom is -0.493 e. The first-order valence-electron chi connectivity index (χ1n) is 5.15. The molecule has 0 unspecified atom stereocenters. The van der Waals surface area contributed by atoms with E-state index in [1.54, 1.807) is 25.3 Å². The number of benzene rings is 1. The van der Waals surface area contributed by atoms with Crippen molar-refractivity contribution in [1.82, 2.24) is 0 Å². The van der Waals surface area contributed by atoms with Crippen LogP contribution in [0.3, 0.4) is 0 Å². The summed E-state index contributed by atoms with van der Waals surface area (Å²) < 4.78 is 32.5. The van der Waals surface area contributed by atoms with Crippen LogP contribution in [0.2, 0.25) is 0 Å². The van der Waals surface area contributed by atoms with Crippen LogP contribution in [-0.2, 0) is 9.84 Å². The maximum Gasteiger partial charge on any atom is 0.168 e. The lowest BCUT2D eigenvalue weighted by atomic mass is 10.2. The van der Waals surface area contributed by atoms with Gasteiger partial charge in [-0.3, -0.25) is 0 Å². The van der Waals surface area contributed by atoms with E-state index in [1.165, 1.54) is 6.08 Å². The predicted molar refractivity (Wildman–Crippen MR) is 68.0 cm³/mol. The van der Waals surface area contributed by atoms with Crippen molar-refractivity contribution in [3.63, 3.8) is 0 Å². The molecule has 94 valence electrons. The topological polar surface area (TPSA) is 52.6 Å². The monoisotopic (exact) mass is 256 g/mol. The highest BCUT2D eigenvalue weighted by molar-refractivity contribution is 7.93. The van der Waals surface area contributed by atoms with Crippen LogP contribution in [0.4, 0.5) is 0 Å². The lowest BCUT2D eigenvalue weighted by Crippen LogP contribution is -1.95. The highest BCUT2D eigenvalue weighted by Gasteiger charge is 2.04. The fourth-order valence-corrected chi connectivity index (χ4v) is 1.67. The standard InChI is InChI=1S/C12H16O4S/c1-4-16-12-9-10(5-6-11(12)15-2)7-8-17(3,13)14/h5-9H,4H2,1-3H3. The van der Waals surface area contributed by atoms with Crippen LogP contribution in [0.25, 0.3) is 6.08 Å². The minimum absolute atomic E-state index is 0.523. The van der Waals surface area contributed by atoms with Crippen molar-refractivity contribution in [2.75, 3.05) is 20.0 Å². The van der Waals surface area contributed by atoms with Crippen LogP contribution in [0.1, 0.15) is 12.5 Å².